The Morgan fingerprint density at radius 1 is 1.45 bits per heavy atom. The average Bonchev–Trinajstić information content (AvgIpc) is 2.96. The fourth-order valence-corrected chi connectivity index (χ4v) is 1.82. The lowest BCUT2D eigenvalue weighted by Crippen LogP contribution is -2.43. The molecule has 0 saturated heterocycles. The molecule has 2 heterocycles. The zero-order valence-corrected chi connectivity index (χ0v) is 12.8. The minimum Gasteiger partial charge on any atom is -0.383 e. The van der Waals surface area contributed by atoms with Crippen molar-refractivity contribution in [3.05, 3.63) is 30.4 Å². The highest BCUT2D eigenvalue weighted by atomic mass is 16.5. The highest BCUT2D eigenvalue weighted by molar-refractivity contribution is 5.74. The molecule has 2 rings (SSSR count). The lowest BCUT2D eigenvalue weighted by molar-refractivity contribution is 0.160. The number of methoxy groups -OCH3 is 1. The molecule has 1 atom stereocenters. The van der Waals surface area contributed by atoms with Gasteiger partial charge in [0.1, 0.15) is 6.54 Å². The quantitative estimate of drug-likeness (QED) is 0.865. The van der Waals surface area contributed by atoms with Gasteiger partial charge in [-0.25, -0.2) is 4.79 Å². The predicted molar refractivity (Wildman–Crippen MR) is 78.9 cm³/mol. The van der Waals surface area contributed by atoms with Gasteiger partial charge in [0.2, 0.25) is 11.7 Å². The van der Waals surface area contributed by atoms with Gasteiger partial charge in [-0.15, -0.1) is 0 Å². The van der Waals surface area contributed by atoms with E-state index in [0.29, 0.717) is 18.3 Å². The maximum atomic E-state index is 12.0. The van der Waals surface area contributed by atoms with Crippen LogP contribution in [0, 0.1) is 0 Å². The first-order valence-electron chi connectivity index (χ1n) is 6.83. The number of nitrogens with one attached hydrogen (secondary N) is 1. The molecule has 22 heavy (non-hydrogen) atoms. The summed E-state index contributed by atoms with van der Waals surface area (Å²) in [5, 5.41) is 6.70. The van der Waals surface area contributed by atoms with E-state index in [1.807, 2.05) is 6.92 Å². The Morgan fingerprint density at radius 3 is 2.86 bits per heavy atom. The van der Waals surface area contributed by atoms with Gasteiger partial charge < -0.3 is 19.5 Å². The van der Waals surface area contributed by atoms with Crippen molar-refractivity contribution in [3.63, 3.8) is 0 Å². The van der Waals surface area contributed by atoms with Crippen molar-refractivity contribution in [2.24, 2.45) is 0 Å². The van der Waals surface area contributed by atoms with E-state index < -0.39 is 0 Å². The summed E-state index contributed by atoms with van der Waals surface area (Å²) in [6.07, 6.45) is 3.31. The number of urea groups is 1. The summed E-state index contributed by atoms with van der Waals surface area (Å²) in [5.74, 6) is 0.836. The molecule has 0 radical (unpaired) electrons. The number of pyridine rings is 1. The molecule has 1 N–H and O–H groups in total. The summed E-state index contributed by atoms with van der Waals surface area (Å²) in [5.41, 5.74) is 0.811. The Labute approximate surface area is 128 Å². The van der Waals surface area contributed by atoms with Crippen LogP contribution in [-0.2, 0) is 11.3 Å². The monoisotopic (exact) mass is 305 g/mol. The zero-order chi connectivity index (χ0) is 15.9. The molecule has 0 saturated carbocycles. The van der Waals surface area contributed by atoms with Gasteiger partial charge >= 0.3 is 6.03 Å². The molecular weight excluding hydrogens is 286 g/mol. The summed E-state index contributed by atoms with van der Waals surface area (Å²) >= 11 is 0. The molecule has 0 aliphatic heterocycles. The van der Waals surface area contributed by atoms with E-state index in [2.05, 4.69) is 20.4 Å². The van der Waals surface area contributed by atoms with Crippen LogP contribution in [0.2, 0.25) is 0 Å². The van der Waals surface area contributed by atoms with Gasteiger partial charge in [-0.05, 0) is 19.1 Å². The Morgan fingerprint density at radius 2 is 2.18 bits per heavy atom. The predicted octanol–water partition coefficient (Wildman–Crippen LogP) is 1.31. The molecule has 2 aromatic heterocycles. The number of hydrogen-bond acceptors (Lipinski definition) is 6. The normalized spacial score (nSPS) is 12.0. The van der Waals surface area contributed by atoms with Gasteiger partial charge in [0.05, 0.1) is 12.6 Å². The number of nitrogens with zero attached hydrogens (tertiary/aromatic N) is 4. The van der Waals surface area contributed by atoms with Gasteiger partial charge in [0, 0.05) is 32.1 Å². The van der Waals surface area contributed by atoms with Gasteiger partial charge in [0.25, 0.3) is 0 Å². The maximum absolute atomic E-state index is 12.0. The third kappa shape index (κ3) is 4.26. The van der Waals surface area contributed by atoms with E-state index in [1.165, 1.54) is 4.90 Å². The van der Waals surface area contributed by atoms with E-state index in [1.54, 1.807) is 38.7 Å². The molecule has 0 unspecified atom stereocenters. The first-order chi connectivity index (χ1) is 10.6. The molecule has 2 aromatic rings. The number of carbonyl (C=O) groups is 1. The molecule has 0 aliphatic carbocycles. The van der Waals surface area contributed by atoms with Crippen LogP contribution in [0.1, 0.15) is 12.8 Å². The number of hydrogen-bond donors (Lipinski definition) is 1. The average molecular weight is 305 g/mol. The molecule has 2 amide bonds. The maximum Gasteiger partial charge on any atom is 0.317 e. The smallest absolute Gasteiger partial charge is 0.317 e. The van der Waals surface area contributed by atoms with Crippen LogP contribution in [0.3, 0.4) is 0 Å². The van der Waals surface area contributed by atoms with Crippen LogP contribution < -0.4 is 5.32 Å². The van der Waals surface area contributed by atoms with Crippen LogP contribution in [0.4, 0.5) is 4.79 Å². The lowest BCUT2D eigenvalue weighted by Gasteiger charge is -2.19. The summed E-state index contributed by atoms with van der Waals surface area (Å²) < 4.78 is 10.1. The topological polar surface area (TPSA) is 93.4 Å². The van der Waals surface area contributed by atoms with Crippen molar-refractivity contribution in [2.45, 2.75) is 19.5 Å². The number of rotatable bonds is 6. The number of aromatic nitrogens is 3. The van der Waals surface area contributed by atoms with Crippen molar-refractivity contribution in [1.82, 2.24) is 25.3 Å². The van der Waals surface area contributed by atoms with Crippen LogP contribution in [0.25, 0.3) is 11.4 Å². The fraction of sp³-hybridized carbons (Fsp3) is 0.429. The number of carbonyl (C=O) groups excluding carboxylic acids is 1. The SMILES string of the molecule is COC[C@H](C)NC(=O)N(C)Cc1nc(-c2ccncc2)no1. The Hall–Kier alpha value is -2.48. The Balaban J connectivity index is 1.93. The summed E-state index contributed by atoms with van der Waals surface area (Å²) in [6, 6.07) is 3.28. The molecule has 0 spiro atoms. The number of amides is 2. The number of ether oxygens (including phenoxy) is 1. The molecule has 0 aromatic carbocycles. The van der Waals surface area contributed by atoms with Crippen LogP contribution in [0.15, 0.2) is 29.0 Å². The molecule has 0 aliphatic rings. The second-order valence-corrected chi connectivity index (χ2v) is 4.91. The summed E-state index contributed by atoms with van der Waals surface area (Å²) in [7, 11) is 3.25. The molecule has 0 bridgehead atoms. The molecule has 8 heteroatoms. The van der Waals surface area contributed by atoms with E-state index in [-0.39, 0.29) is 18.6 Å². The molecule has 118 valence electrons. The van der Waals surface area contributed by atoms with Crippen LogP contribution in [0.5, 0.6) is 0 Å². The van der Waals surface area contributed by atoms with E-state index in [4.69, 9.17) is 9.26 Å². The minimum absolute atomic E-state index is 0.0741. The second kappa shape index (κ2) is 7.51. The first-order valence-corrected chi connectivity index (χ1v) is 6.83. The van der Waals surface area contributed by atoms with Crippen molar-refractivity contribution in [3.8, 4) is 11.4 Å². The zero-order valence-electron chi connectivity index (χ0n) is 12.8. The third-order valence-corrected chi connectivity index (χ3v) is 2.91. The Kier molecular flexibility index (Phi) is 5.42. The molecule has 8 nitrogen and oxygen atoms in total. The van der Waals surface area contributed by atoms with E-state index in [9.17, 15) is 4.79 Å². The van der Waals surface area contributed by atoms with Crippen LogP contribution in [-0.4, -0.2) is 52.9 Å². The Bertz CT molecular complexity index is 602. The van der Waals surface area contributed by atoms with Crippen LogP contribution >= 0.6 is 0 Å². The van der Waals surface area contributed by atoms with Crippen molar-refractivity contribution < 1.29 is 14.1 Å². The fourth-order valence-electron chi connectivity index (χ4n) is 1.82. The summed E-state index contributed by atoms with van der Waals surface area (Å²) in [4.78, 5) is 21.6. The molecular formula is C14H19N5O3. The van der Waals surface area contributed by atoms with Crippen molar-refractivity contribution >= 4 is 6.03 Å². The van der Waals surface area contributed by atoms with Gasteiger partial charge in [-0.2, -0.15) is 4.98 Å². The minimum atomic E-state index is -0.229. The standard InChI is InChI=1S/C14H19N5O3/c1-10(9-21-3)16-14(20)19(2)8-12-17-13(18-22-12)11-4-6-15-7-5-11/h4-7,10H,8-9H2,1-3H3,(H,16,20)/t10-/m0/s1. The van der Waals surface area contributed by atoms with E-state index >= 15 is 0 Å². The highest BCUT2D eigenvalue weighted by Crippen LogP contribution is 2.14. The van der Waals surface area contributed by atoms with Gasteiger partial charge in [0.15, 0.2) is 0 Å². The second-order valence-electron chi connectivity index (χ2n) is 4.91. The molecule has 0 fully saturated rings. The highest BCUT2D eigenvalue weighted by Gasteiger charge is 2.16. The summed E-state index contributed by atoms with van der Waals surface area (Å²) in [6.45, 7) is 2.54. The van der Waals surface area contributed by atoms with Crippen molar-refractivity contribution in [1.29, 1.82) is 0 Å². The lowest BCUT2D eigenvalue weighted by atomic mass is 10.2. The largest absolute Gasteiger partial charge is 0.383 e. The van der Waals surface area contributed by atoms with Crippen molar-refractivity contribution in [2.75, 3.05) is 20.8 Å². The van der Waals surface area contributed by atoms with E-state index in [0.717, 1.165) is 5.56 Å². The third-order valence-electron chi connectivity index (χ3n) is 2.91. The first kappa shape index (κ1) is 15.9. The van der Waals surface area contributed by atoms with Gasteiger partial charge in [-0.3, -0.25) is 4.98 Å². The van der Waals surface area contributed by atoms with Gasteiger partial charge in [-0.1, -0.05) is 5.16 Å².